The van der Waals surface area contributed by atoms with Crippen molar-refractivity contribution in [3.05, 3.63) is 16.1 Å². The van der Waals surface area contributed by atoms with Crippen molar-refractivity contribution in [1.29, 1.82) is 0 Å². The molecule has 1 N–H and O–H groups in total. The molecule has 0 aromatic carbocycles. The Bertz CT molecular complexity index is 311. The van der Waals surface area contributed by atoms with Gasteiger partial charge in [0.05, 0.1) is 16.8 Å². The van der Waals surface area contributed by atoms with Gasteiger partial charge in [0.2, 0.25) is 0 Å². The lowest BCUT2D eigenvalue weighted by atomic mass is 10.0. The fraction of sp³-hybridized carbons (Fsp3) is 0.800. The first-order chi connectivity index (χ1) is 8.74. The molecular formula is C15H27NOS. The Morgan fingerprint density at radius 3 is 2.28 bits per heavy atom. The summed E-state index contributed by atoms with van der Waals surface area (Å²) in [6.07, 6.45) is 11.0. The molecule has 0 saturated carbocycles. The molecule has 1 aromatic rings. The first-order valence-electron chi connectivity index (χ1n) is 7.34. The van der Waals surface area contributed by atoms with Crippen molar-refractivity contribution in [3.8, 4) is 0 Å². The molecule has 1 rings (SSSR count). The van der Waals surface area contributed by atoms with Crippen LogP contribution >= 0.6 is 11.3 Å². The van der Waals surface area contributed by atoms with Gasteiger partial charge in [-0.05, 0) is 13.3 Å². The van der Waals surface area contributed by atoms with Crippen molar-refractivity contribution in [3.63, 3.8) is 0 Å². The molecule has 0 spiro atoms. The van der Waals surface area contributed by atoms with Crippen LogP contribution in [0.1, 0.15) is 81.5 Å². The molecule has 1 heterocycles. The molecule has 1 unspecified atom stereocenters. The van der Waals surface area contributed by atoms with Gasteiger partial charge in [-0.3, -0.25) is 0 Å². The van der Waals surface area contributed by atoms with Crippen LogP contribution in [0.15, 0.2) is 5.38 Å². The lowest BCUT2D eigenvalue weighted by Gasteiger charge is -2.07. The third kappa shape index (κ3) is 6.50. The van der Waals surface area contributed by atoms with Gasteiger partial charge < -0.3 is 5.11 Å². The van der Waals surface area contributed by atoms with E-state index in [2.05, 4.69) is 11.9 Å². The minimum absolute atomic E-state index is 0.352. The van der Waals surface area contributed by atoms with E-state index < -0.39 is 0 Å². The van der Waals surface area contributed by atoms with Crippen molar-refractivity contribution in [2.24, 2.45) is 0 Å². The molecule has 2 nitrogen and oxygen atoms in total. The Morgan fingerprint density at radius 2 is 1.72 bits per heavy atom. The Kier molecular flexibility index (Phi) is 8.27. The van der Waals surface area contributed by atoms with Crippen LogP contribution in [-0.4, -0.2) is 10.1 Å². The molecular weight excluding hydrogens is 242 g/mol. The number of nitrogens with zero attached hydrogens (tertiary/aromatic N) is 1. The van der Waals surface area contributed by atoms with Crippen molar-refractivity contribution < 1.29 is 5.11 Å². The lowest BCUT2D eigenvalue weighted by molar-refractivity contribution is 0.159. The highest BCUT2D eigenvalue weighted by atomic mass is 32.1. The zero-order valence-electron chi connectivity index (χ0n) is 11.8. The smallest absolute Gasteiger partial charge is 0.0968 e. The predicted molar refractivity (Wildman–Crippen MR) is 79.0 cm³/mol. The number of aromatic nitrogens is 1. The van der Waals surface area contributed by atoms with Gasteiger partial charge in [-0.25, -0.2) is 4.98 Å². The average Bonchev–Trinajstić information content (AvgIpc) is 2.79. The van der Waals surface area contributed by atoms with Gasteiger partial charge in [-0.2, -0.15) is 0 Å². The number of thiazole rings is 1. The third-order valence-corrected chi connectivity index (χ3v) is 4.10. The minimum Gasteiger partial charge on any atom is -0.387 e. The molecule has 0 bridgehead atoms. The van der Waals surface area contributed by atoms with Gasteiger partial charge >= 0.3 is 0 Å². The van der Waals surface area contributed by atoms with Crippen molar-refractivity contribution in [1.82, 2.24) is 4.98 Å². The van der Waals surface area contributed by atoms with E-state index in [4.69, 9.17) is 0 Å². The second kappa shape index (κ2) is 9.51. The van der Waals surface area contributed by atoms with Crippen LogP contribution in [0.25, 0.3) is 0 Å². The molecule has 0 aliphatic rings. The van der Waals surface area contributed by atoms with E-state index in [1.54, 1.807) is 11.3 Å². The minimum atomic E-state index is -0.352. The number of aliphatic hydroxyl groups excluding tert-OH is 1. The van der Waals surface area contributed by atoms with Crippen LogP contribution in [0.4, 0.5) is 0 Å². The summed E-state index contributed by atoms with van der Waals surface area (Å²) >= 11 is 1.62. The van der Waals surface area contributed by atoms with Crippen LogP contribution in [0, 0.1) is 6.92 Å². The Hall–Kier alpha value is -0.410. The second-order valence-corrected chi connectivity index (χ2v) is 6.13. The molecule has 1 aromatic heterocycles. The third-order valence-electron chi connectivity index (χ3n) is 3.31. The Morgan fingerprint density at radius 1 is 1.11 bits per heavy atom. The van der Waals surface area contributed by atoms with Crippen molar-refractivity contribution in [2.75, 3.05) is 0 Å². The van der Waals surface area contributed by atoms with Gasteiger partial charge in [-0.1, -0.05) is 58.3 Å². The lowest BCUT2D eigenvalue weighted by Crippen LogP contribution is -1.97. The van der Waals surface area contributed by atoms with Crippen molar-refractivity contribution in [2.45, 2.75) is 77.7 Å². The summed E-state index contributed by atoms with van der Waals surface area (Å²) in [6, 6.07) is 0. The summed E-state index contributed by atoms with van der Waals surface area (Å²) in [5, 5.41) is 13.0. The van der Waals surface area contributed by atoms with Crippen LogP contribution in [-0.2, 0) is 0 Å². The summed E-state index contributed by atoms with van der Waals surface area (Å²) in [7, 11) is 0. The van der Waals surface area contributed by atoms with E-state index in [0.717, 1.165) is 23.5 Å². The zero-order valence-corrected chi connectivity index (χ0v) is 12.6. The normalized spacial score (nSPS) is 12.8. The zero-order chi connectivity index (χ0) is 13.2. The van der Waals surface area contributed by atoms with Crippen LogP contribution < -0.4 is 0 Å². The van der Waals surface area contributed by atoms with E-state index in [9.17, 15) is 5.11 Å². The summed E-state index contributed by atoms with van der Waals surface area (Å²) in [5.74, 6) is 0. The molecule has 0 aliphatic heterocycles. The predicted octanol–water partition coefficient (Wildman–Crippen LogP) is 5.02. The van der Waals surface area contributed by atoms with Crippen LogP contribution in [0.2, 0.25) is 0 Å². The molecule has 0 amide bonds. The number of aryl methyl sites for hydroxylation is 1. The molecule has 0 radical (unpaired) electrons. The fourth-order valence-electron chi connectivity index (χ4n) is 2.15. The first kappa shape index (κ1) is 15.6. The highest BCUT2D eigenvalue weighted by Crippen LogP contribution is 2.21. The maximum atomic E-state index is 9.95. The van der Waals surface area contributed by atoms with Gasteiger partial charge in [0, 0.05) is 5.38 Å². The summed E-state index contributed by atoms with van der Waals surface area (Å²) in [4.78, 5) is 4.33. The van der Waals surface area contributed by atoms with E-state index >= 15 is 0 Å². The van der Waals surface area contributed by atoms with E-state index in [-0.39, 0.29) is 6.10 Å². The molecule has 1 atom stereocenters. The highest BCUT2D eigenvalue weighted by molar-refractivity contribution is 7.09. The van der Waals surface area contributed by atoms with Gasteiger partial charge in [0.1, 0.15) is 0 Å². The van der Waals surface area contributed by atoms with E-state index in [1.165, 1.54) is 44.9 Å². The van der Waals surface area contributed by atoms with Gasteiger partial charge in [0.25, 0.3) is 0 Å². The SMILES string of the molecule is CCCCCCCCCCC(O)c1csc(C)n1. The average molecular weight is 269 g/mol. The quantitative estimate of drug-likeness (QED) is 0.605. The highest BCUT2D eigenvalue weighted by Gasteiger charge is 2.09. The fourth-order valence-corrected chi connectivity index (χ4v) is 2.81. The van der Waals surface area contributed by atoms with Crippen molar-refractivity contribution >= 4 is 11.3 Å². The number of hydrogen-bond acceptors (Lipinski definition) is 3. The monoisotopic (exact) mass is 269 g/mol. The van der Waals surface area contributed by atoms with E-state index in [1.807, 2.05) is 12.3 Å². The molecule has 104 valence electrons. The summed E-state index contributed by atoms with van der Waals surface area (Å²) in [6.45, 7) is 4.23. The Labute approximate surface area is 115 Å². The molecule has 0 saturated heterocycles. The number of aliphatic hydroxyl groups is 1. The van der Waals surface area contributed by atoms with Crippen LogP contribution in [0.5, 0.6) is 0 Å². The van der Waals surface area contributed by atoms with E-state index in [0.29, 0.717) is 0 Å². The standard InChI is InChI=1S/C15H27NOS/c1-3-4-5-6-7-8-9-10-11-15(17)14-12-18-13(2)16-14/h12,15,17H,3-11H2,1-2H3. The molecule has 0 fully saturated rings. The molecule has 18 heavy (non-hydrogen) atoms. The van der Waals surface area contributed by atoms with Gasteiger partial charge in [-0.15, -0.1) is 11.3 Å². The number of hydrogen-bond donors (Lipinski definition) is 1. The topological polar surface area (TPSA) is 33.1 Å². The maximum absolute atomic E-state index is 9.95. The second-order valence-electron chi connectivity index (χ2n) is 5.07. The first-order valence-corrected chi connectivity index (χ1v) is 8.22. The molecule has 3 heteroatoms. The van der Waals surface area contributed by atoms with Gasteiger partial charge in [0.15, 0.2) is 0 Å². The summed E-state index contributed by atoms with van der Waals surface area (Å²) < 4.78 is 0. The number of unbranched alkanes of at least 4 members (excludes halogenated alkanes) is 7. The summed E-state index contributed by atoms with van der Waals surface area (Å²) in [5.41, 5.74) is 0.862. The van der Waals surface area contributed by atoms with Crippen LogP contribution in [0.3, 0.4) is 0 Å². The Balaban J connectivity index is 1.97. The maximum Gasteiger partial charge on any atom is 0.0968 e. The number of rotatable bonds is 10. The largest absolute Gasteiger partial charge is 0.387 e. The molecule has 0 aliphatic carbocycles.